The molecule has 0 N–H and O–H groups in total. The first-order valence-corrected chi connectivity index (χ1v) is 6.42. The summed E-state index contributed by atoms with van der Waals surface area (Å²) in [5.74, 6) is 0.241. The maximum absolute atomic E-state index is 13.9. The number of rotatable bonds is 2. The molecule has 98 valence electrons. The summed E-state index contributed by atoms with van der Waals surface area (Å²) in [4.78, 5) is 13.0. The van der Waals surface area contributed by atoms with Crippen LogP contribution >= 0.6 is 0 Å². The summed E-state index contributed by atoms with van der Waals surface area (Å²) in [6, 6.07) is 4.68. The number of carbonyl (C=O) groups excluding carboxylic acids is 1. The van der Waals surface area contributed by atoms with Crippen LogP contribution in [0.25, 0.3) is 0 Å². The molecule has 1 heterocycles. The van der Waals surface area contributed by atoms with Gasteiger partial charge in [0.05, 0.1) is 5.69 Å². The number of halogens is 1. The van der Waals surface area contributed by atoms with E-state index in [9.17, 15) is 9.18 Å². The fourth-order valence-corrected chi connectivity index (χ4v) is 2.63. The second-order valence-corrected chi connectivity index (χ2v) is 6.09. The van der Waals surface area contributed by atoms with Crippen molar-refractivity contribution in [3.8, 4) is 0 Å². The molecule has 1 saturated heterocycles. The average Bonchev–Trinajstić information content (AvgIpc) is 2.77. The van der Waals surface area contributed by atoms with Gasteiger partial charge in [-0.15, -0.1) is 0 Å². The largest absolute Gasteiger partial charge is 0.368 e. The lowest BCUT2D eigenvalue weighted by molar-refractivity contribution is 0.112. The van der Waals surface area contributed by atoms with Crippen LogP contribution in [-0.2, 0) is 0 Å². The summed E-state index contributed by atoms with van der Waals surface area (Å²) in [6.07, 6.45) is 1.79. The SMILES string of the molecule is CC(C)(C)C1CCN(c2c(F)cccc2C=O)C1. The number of aldehydes is 1. The number of hydrogen-bond donors (Lipinski definition) is 0. The normalized spacial score (nSPS) is 20.2. The van der Waals surface area contributed by atoms with Gasteiger partial charge in [-0.25, -0.2) is 4.39 Å². The van der Waals surface area contributed by atoms with Crippen LogP contribution in [0.1, 0.15) is 37.6 Å². The molecule has 2 rings (SSSR count). The maximum Gasteiger partial charge on any atom is 0.152 e. The van der Waals surface area contributed by atoms with E-state index in [1.165, 1.54) is 6.07 Å². The first-order chi connectivity index (χ1) is 8.43. The Morgan fingerprint density at radius 2 is 2.11 bits per heavy atom. The zero-order valence-corrected chi connectivity index (χ0v) is 11.2. The molecule has 0 saturated carbocycles. The van der Waals surface area contributed by atoms with Crippen LogP contribution in [-0.4, -0.2) is 19.4 Å². The molecule has 1 aliphatic rings. The van der Waals surface area contributed by atoms with Crippen LogP contribution in [0.15, 0.2) is 18.2 Å². The highest BCUT2D eigenvalue weighted by molar-refractivity contribution is 5.85. The molecule has 0 radical (unpaired) electrons. The standard InChI is InChI=1S/C15H20FNO/c1-15(2,3)12-7-8-17(9-12)14-11(10-18)5-4-6-13(14)16/h4-6,10,12H,7-9H2,1-3H3. The topological polar surface area (TPSA) is 20.3 Å². The lowest BCUT2D eigenvalue weighted by Crippen LogP contribution is -2.27. The minimum absolute atomic E-state index is 0.224. The first-order valence-electron chi connectivity index (χ1n) is 6.42. The summed E-state index contributed by atoms with van der Waals surface area (Å²) >= 11 is 0. The molecule has 0 bridgehead atoms. The fourth-order valence-electron chi connectivity index (χ4n) is 2.63. The monoisotopic (exact) mass is 249 g/mol. The van der Waals surface area contributed by atoms with Crippen LogP contribution in [0.3, 0.4) is 0 Å². The van der Waals surface area contributed by atoms with E-state index in [-0.39, 0.29) is 11.2 Å². The van der Waals surface area contributed by atoms with Crippen molar-refractivity contribution in [2.75, 3.05) is 18.0 Å². The number of anilines is 1. The van der Waals surface area contributed by atoms with Crippen molar-refractivity contribution < 1.29 is 9.18 Å². The van der Waals surface area contributed by atoms with Crippen molar-refractivity contribution in [3.05, 3.63) is 29.6 Å². The summed E-state index contributed by atoms with van der Waals surface area (Å²) in [7, 11) is 0. The van der Waals surface area contributed by atoms with Crippen molar-refractivity contribution in [1.82, 2.24) is 0 Å². The average molecular weight is 249 g/mol. The summed E-state index contributed by atoms with van der Waals surface area (Å²) in [5.41, 5.74) is 1.14. The van der Waals surface area contributed by atoms with Gasteiger partial charge in [0.2, 0.25) is 0 Å². The minimum Gasteiger partial charge on any atom is -0.368 e. The highest BCUT2D eigenvalue weighted by Crippen LogP contribution is 2.37. The molecular weight excluding hydrogens is 229 g/mol. The van der Waals surface area contributed by atoms with Crippen molar-refractivity contribution in [3.63, 3.8) is 0 Å². The zero-order valence-electron chi connectivity index (χ0n) is 11.2. The van der Waals surface area contributed by atoms with E-state index in [0.29, 0.717) is 17.2 Å². The number of nitrogens with zero attached hydrogens (tertiary/aromatic N) is 1. The van der Waals surface area contributed by atoms with E-state index in [2.05, 4.69) is 20.8 Å². The van der Waals surface area contributed by atoms with E-state index >= 15 is 0 Å². The lowest BCUT2D eigenvalue weighted by Gasteiger charge is -2.28. The van der Waals surface area contributed by atoms with Gasteiger partial charge in [0, 0.05) is 18.7 Å². The van der Waals surface area contributed by atoms with E-state index < -0.39 is 0 Å². The Labute approximate surface area is 108 Å². The van der Waals surface area contributed by atoms with Gasteiger partial charge in [0.1, 0.15) is 5.82 Å². The molecule has 18 heavy (non-hydrogen) atoms. The van der Waals surface area contributed by atoms with Crippen LogP contribution in [0.2, 0.25) is 0 Å². The number of carbonyl (C=O) groups is 1. The Morgan fingerprint density at radius 1 is 1.39 bits per heavy atom. The molecule has 1 fully saturated rings. The number of hydrogen-bond acceptors (Lipinski definition) is 2. The summed E-state index contributed by atoms with van der Waals surface area (Å²) in [6.45, 7) is 8.28. The molecule has 2 nitrogen and oxygen atoms in total. The Bertz CT molecular complexity index is 450. The van der Waals surface area contributed by atoms with E-state index in [4.69, 9.17) is 0 Å². The van der Waals surface area contributed by atoms with Crippen LogP contribution in [0.5, 0.6) is 0 Å². The Morgan fingerprint density at radius 3 is 2.67 bits per heavy atom. The van der Waals surface area contributed by atoms with Gasteiger partial charge in [0.25, 0.3) is 0 Å². The molecule has 1 atom stereocenters. The quantitative estimate of drug-likeness (QED) is 0.747. The molecule has 0 aliphatic carbocycles. The first kappa shape index (κ1) is 13.1. The summed E-state index contributed by atoms with van der Waals surface area (Å²) < 4.78 is 13.9. The van der Waals surface area contributed by atoms with Crippen molar-refractivity contribution in [2.24, 2.45) is 11.3 Å². The second-order valence-electron chi connectivity index (χ2n) is 6.09. The van der Waals surface area contributed by atoms with Gasteiger partial charge >= 0.3 is 0 Å². The third-order valence-corrected chi connectivity index (χ3v) is 3.87. The van der Waals surface area contributed by atoms with Gasteiger partial charge in [-0.2, -0.15) is 0 Å². The Hall–Kier alpha value is -1.38. The molecule has 1 unspecified atom stereocenters. The molecule has 0 aromatic heterocycles. The molecule has 0 amide bonds. The number of para-hydroxylation sites is 1. The van der Waals surface area contributed by atoms with Gasteiger partial charge < -0.3 is 4.90 Å². The van der Waals surface area contributed by atoms with Crippen molar-refractivity contribution >= 4 is 12.0 Å². The molecule has 1 aliphatic heterocycles. The van der Waals surface area contributed by atoms with Crippen molar-refractivity contribution in [1.29, 1.82) is 0 Å². The van der Waals surface area contributed by atoms with Gasteiger partial charge in [-0.3, -0.25) is 4.79 Å². The van der Waals surface area contributed by atoms with Crippen molar-refractivity contribution in [2.45, 2.75) is 27.2 Å². The van der Waals surface area contributed by atoms with Gasteiger partial charge in [0.15, 0.2) is 6.29 Å². The second kappa shape index (κ2) is 4.71. The van der Waals surface area contributed by atoms with E-state index in [1.807, 2.05) is 4.90 Å². The third-order valence-electron chi connectivity index (χ3n) is 3.87. The maximum atomic E-state index is 13.9. The molecule has 1 aromatic carbocycles. The van der Waals surface area contributed by atoms with Crippen LogP contribution in [0.4, 0.5) is 10.1 Å². The fraction of sp³-hybridized carbons (Fsp3) is 0.533. The zero-order chi connectivity index (χ0) is 13.3. The molecule has 3 heteroatoms. The Kier molecular flexibility index (Phi) is 3.42. The molecule has 1 aromatic rings. The highest BCUT2D eigenvalue weighted by Gasteiger charge is 2.33. The smallest absolute Gasteiger partial charge is 0.152 e. The molecular formula is C15H20FNO. The predicted molar refractivity (Wildman–Crippen MR) is 71.6 cm³/mol. The predicted octanol–water partition coefficient (Wildman–Crippen LogP) is 3.51. The molecule has 0 spiro atoms. The number of benzene rings is 1. The van der Waals surface area contributed by atoms with Gasteiger partial charge in [-0.05, 0) is 29.9 Å². The van der Waals surface area contributed by atoms with Crippen LogP contribution in [0, 0.1) is 17.2 Å². The van der Waals surface area contributed by atoms with Gasteiger partial charge in [-0.1, -0.05) is 26.8 Å². The van der Waals surface area contributed by atoms with E-state index in [1.54, 1.807) is 12.1 Å². The minimum atomic E-state index is -0.297. The Balaban J connectivity index is 2.27. The van der Waals surface area contributed by atoms with E-state index in [0.717, 1.165) is 25.8 Å². The lowest BCUT2D eigenvalue weighted by atomic mass is 9.80. The van der Waals surface area contributed by atoms with Crippen LogP contribution < -0.4 is 4.90 Å². The third kappa shape index (κ3) is 2.40. The highest BCUT2D eigenvalue weighted by atomic mass is 19.1. The summed E-state index contributed by atoms with van der Waals surface area (Å²) in [5, 5.41) is 0.